The van der Waals surface area contributed by atoms with Gasteiger partial charge < -0.3 is 9.64 Å². The molecule has 1 fully saturated rings. The molecule has 3 nitrogen and oxygen atoms in total. The highest BCUT2D eigenvalue weighted by atomic mass is 35.5. The molecule has 0 saturated carbocycles. The Morgan fingerprint density at radius 3 is 3.11 bits per heavy atom. The van der Waals surface area contributed by atoms with Crippen LogP contribution in [-0.2, 0) is 16.0 Å². The van der Waals surface area contributed by atoms with Gasteiger partial charge in [-0.05, 0) is 18.9 Å². The zero-order valence-electron chi connectivity index (χ0n) is 11.3. The highest BCUT2D eigenvalue weighted by Crippen LogP contribution is 2.13. The lowest BCUT2D eigenvalue weighted by molar-refractivity contribution is -0.138. The molecule has 0 N–H and O–H groups in total. The van der Waals surface area contributed by atoms with Crippen molar-refractivity contribution in [1.82, 2.24) is 4.90 Å². The molecule has 4 heteroatoms. The first-order valence-electron chi connectivity index (χ1n) is 6.69. The van der Waals surface area contributed by atoms with Crippen molar-refractivity contribution < 1.29 is 9.53 Å². The normalized spacial score (nSPS) is 19.5. The standard InChI is InChI=1S/C15H20ClNO2/c1-12-3-2-4-13(9-12)5-6-15(18)17-7-8-19-11-14(17)10-16/h2-4,9,14H,5-8,10-11H2,1H3. The summed E-state index contributed by atoms with van der Waals surface area (Å²) in [6, 6.07) is 8.33. The van der Waals surface area contributed by atoms with Crippen molar-refractivity contribution in [3.05, 3.63) is 35.4 Å². The van der Waals surface area contributed by atoms with Crippen molar-refractivity contribution in [2.24, 2.45) is 0 Å². The second-order valence-electron chi connectivity index (χ2n) is 4.96. The van der Waals surface area contributed by atoms with Crippen LogP contribution in [0.5, 0.6) is 0 Å². The van der Waals surface area contributed by atoms with E-state index in [-0.39, 0.29) is 11.9 Å². The van der Waals surface area contributed by atoms with Crippen molar-refractivity contribution in [1.29, 1.82) is 0 Å². The Labute approximate surface area is 119 Å². The summed E-state index contributed by atoms with van der Waals surface area (Å²) in [5.41, 5.74) is 2.44. The first-order chi connectivity index (χ1) is 9.20. The Hall–Kier alpha value is -1.06. The Morgan fingerprint density at radius 1 is 1.53 bits per heavy atom. The average Bonchev–Trinajstić information content (AvgIpc) is 2.45. The van der Waals surface area contributed by atoms with Crippen LogP contribution in [0.1, 0.15) is 17.5 Å². The van der Waals surface area contributed by atoms with E-state index in [1.54, 1.807) is 0 Å². The van der Waals surface area contributed by atoms with Crippen LogP contribution in [0.2, 0.25) is 0 Å². The van der Waals surface area contributed by atoms with Crippen LogP contribution in [0.25, 0.3) is 0 Å². The van der Waals surface area contributed by atoms with E-state index in [4.69, 9.17) is 16.3 Å². The summed E-state index contributed by atoms with van der Waals surface area (Å²) in [4.78, 5) is 14.1. The minimum absolute atomic E-state index is 0.0282. The first kappa shape index (κ1) is 14.4. The Kier molecular flexibility index (Phi) is 5.23. The summed E-state index contributed by atoms with van der Waals surface area (Å²) in [5, 5.41) is 0. The number of aryl methyl sites for hydroxylation is 2. The van der Waals surface area contributed by atoms with Gasteiger partial charge in [0, 0.05) is 18.8 Å². The highest BCUT2D eigenvalue weighted by molar-refractivity contribution is 6.18. The summed E-state index contributed by atoms with van der Waals surface area (Å²) in [7, 11) is 0. The third-order valence-corrected chi connectivity index (χ3v) is 3.79. The molecule has 1 saturated heterocycles. The van der Waals surface area contributed by atoms with Crippen molar-refractivity contribution in [2.45, 2.75) is 25.8 Å². The molecule has 0 aromatic heterocycles. The number of nitrogens with zero attached hydrogens (tertiary/aromatic N) is 1. The summed E-state index contributed by atoms with van der Waals surface area (Å²) >= 11 is 5.88. The Bertz CT molecular complexity index is 436. The van der Waals surface area contributed by atoms with Crippen LogP contribution in [0, 0.1) is 6.92 Å². The maximum atomic E-state index is 12.2. The SMILES string of the molecule is Cc1cccc(CCC(=O)N2CCOCC2CCl)c1. The molecule has 1 amide bonds. The average molecular weight is 282 g/mol. The molecule has 2 rings (SSSR count). The highest BCUT2D eigenvalue weighted by Gasteiger charge is 2.25. The predicted molar refractivity (Wildman–Crippen MR) is 76.5 cm³/mol. The smallest absolute Gasteiger partial charge is 0.223 e. The number of hydrogen-bond donors (Lipinski definition) is 0. The van der Waals surface area contributed by atoms with E-state index in [1.807, 2.05) is 11.0 Å². The van der Waals surface area contributed by atoms with E-state index < -0.39 is 0 Å². The molecule has 0 radical (unpaired) electrons. The number of carbonyl (C=O) groups is 1. The van der Waals surface area contributed by atoms with E-state index in [1.165, 1.54) is 11.1 Å². The fourth-order valence-corrected chi connectivity index (χ4v) is 2.63. The number of morpholine rings is 1. The molecule has 1 aliphatic heterocycles. The zero-order chi connectivity index (χ0) is 13.7. The predicted octanol–water partition coefficient (Wildman–Crippen LogP) is 2.39. The molecule has 19 heavy (non-hydrogen) atoms. The van der Waals surface area contributed by atoms with Crippen LogP contribution in [0.15, 0.2) is 24.3 Å². The lowest BCUT2D eigenvalue weighted by Gasteiger charge is -2.34. The second kappa shape index (κ2) is 6.92. The van der Waals surface area contributed by atoms with Crippen molar-refractivity contribution in [2.75, 3.05) is 25.6 Å². The number of carbonyl (C=O) groups excluding carboxylic acids is 1. The topological polar surface area (TPSA) is 29.5 Å². The van der Waals surface area contributed by atoms with E-state index in [2.05, 4.69) is 25.1 Å². The fraction of sp³-hybridized carbons (Fsp3) is 0.533. The van der Waals surface area contributed by atoms with Crippen molar-refractivity contribution in [3.63, 3.8) is 0 Å². The van der Waals surface area contributed by atoms with Gasteiger partial charge in [0.1, 0.15) is 0 Å². The van der Waals surface area contributed by atoms with Crippen LogP contribution in [0.3, 0.4) is 0 Å². The van der Waals surface area contributed by atoms with Crippen molar-refractivity contribution in [3.8, 4) is 0 Å². The third kappa shape index (κ3) is 3.95. The minimum Gasteiger partial charge on any atom is -0.377 e. The van der Waals surface area contributed by atoms with Gasteiger partial charge in [-0.2, -0.15) is 0 Å². The lowest BCUT2D eigenvalue weighted by atomic mass is 10.1. The van der Waals surface area contributed by atoms with Gasteiger partial charge in [-0.15, -0.1) is 11.6 Å². The quantitative estimate of drug-likeness (QED) is 0.793. The van der Waals surface area contributed by atoms with E-state index in [0.29, 0.717) is 32.1 Å². The van der Waals surface area contributed by atoms with Gasteiger partial charge in [0.05, 0.1) is 19.3 Å². The molecule has 1 atom stereocenters. The minimum atomic E-state index is 0.0282. The van der Waals surface area contributed by atoms with Gasteiger partial charge in [-0.1, -0.05) is 29.8 Å². The van der Waals surface area contributed by atoms with Gasteiger partial charge in [-0.25, -0.2) is 0 Å². The third-order valence-electron chi connectivity index (χ3n) is 3.44. The van der Waals surface area contributed by atoms with Gasteiger partial charge >= 0.3 is 0 Å². The molecule has 1 aliphatic rings. The fourth-order valence-electron chi connectivity index (χ4n) is 2.37. The molecule has 0 bridgehead atoms. The van der Waals surface area contributed by atoms with Gasteiger partial charge in [0.2, 0.25) is 5.91 Å². The van der Waals surface area contributed by atoms with Crippen LogP contribution < -0.4 is 0 Å². The molecule has 1 aromatic carbocycles. The van der Waals surface area contributed by atoms with E-state index in [0.717, 1.165) is 6.42 Å². The van der Waals surface area contributed by atoms with Crippen LogP contribution in [-0.4, -0.2) is 42.5 Å². The first-order valence-corrected chi connectivity index (χ1v) is 7.23. The Balaban J connectivity index is 1.89. The number of halogens is 1. The molecular weight excluding hydrogens is 262 g/mol. The summed E-state index contributed by atoms with van der Waals surface area (Å²) < 4.78 is 5.35. The molecule has 1 aromatic rings. The van der Waals surface area contributed by atoms with E-state index in [9.17, 15) is 4.79 Å². The van der Waals surface area contributed by atoms with Gasteiger partial charge in [0.25, 0.3) is 0 Å². The molecule has 0 aliphatic carbocycles. The molecular formula is C15H20ClNO2. The number of ether oxygens (including phenoxy) is 1. The maximum Gasteiger partial charge on any atom is 0.223 e. The summed E-state index contributed by atoms with van der Waals surface area (Å²) in [5.74, 6) is 0.617. The van der Waals surface area contributed by atoms with Crippen molar-refractivity contribution >= 4 is 17.5 Å². The number of amides is 1. The molecule has 1 heterocycles. The van der Waals surface area contributed by atoms with Gasteiger partial charge in [0.15, 0.2) is 0 Å². The monoisotopic (exact) mass is 281 g/mol. The summed E-state index contributed by atoms with van der Waals surface area (Å²) in [6.07, 6.45) is 1.32. The number of hydrogen-bond acceptors (Lipinski definition) is 2. The number of benzene rings is 1. The number of alkyl halides is 1. The lowest BCUT2D eigenvalue weighted by Crippen LogP contribution is -2.49. The van der Waals surface area contributed by atoms with Gasteiger partial charge in [-0.3, -0.25) is 4.79 Å². The summed E-state index contributed by atoms with van der Waals surface area (Å²) in [6.45, 7) is 3.89. The number of rotatable bonds is 4. The van der Waals surface area contributed by atoms with E-state index >= 15 is 0 Å². The zero-order valence-corrected chi connectivity index (χ0v) is 12.0. The maximum absolute atomic E-state index is 12.2. The molecule has 0 spiro atoms. The van der Waals surface area contributed by atoms with Crippen LogP contribution >= 0.6 is 11.6 Å². The second-order valence-corrected chi connectivity index (χ2v) is 5.27. The molecule has 104 valence electrons. The molecule has 1 unspecified atom stereocenters. The van der Waals surface area contributed by atoms with Crippen LogP contribution in [0.4, 0.5) is 0 Å². The Morgan fingerprint density at radius 2 is 2.37 bits per heavy atom. The largest absolute Gasteiger partial charge is 0.377 e.